The molecule has 1 saturated carbocycles. The average Bonchev–Trinajstić information content (AvgIpc) is 2.87. The van der Waals surface area contributed by atoms with Crippen molar-refractivity contribution < 1.29 is 18.0 Å². The van der Waals surface area contributed by atoms with Crippen LogP contribution in [-0.4, -0.2) is 12.0 Å². The number of alkyl halides is 3. The smallest absolute Gasteiger partial charge is 0.284 e. The highest BCUT2D eigenvalue weighted by Crippen LogP contribution is 2.60. The van der Waals surface area contributed by atoms with Gasteiger partial charge in [0, 0.05) is 11.0 Å². The van der Waals surface area contributed by atoms with Gasteiger partial charge in [0.15, 0.2) is 0 Å². The van der Waals surface area contributed by atoms with Gasteiger partial charge in [0.05, 0.1) is 0 Å². The van der Waals surface area contributed by atoms with Gasteiger partial charge in [0.1, 0.15) is 0 Å². The molecule has 2 aliphatic rings. The second-order valence-electron chi connectivity index (χ2n) is 5.71. The second-order valence-corrected chi connectivity index (χ2v) is 5.71. The molecule has 106 valence electrons. The predicted octanol–water partition coefficient (Wildman–Crippen LogP) is 4.54. The van der Waals surface area contributed by atoms with E-state index in [0.717, 1.165) is 18.4 Å². The number of hydrogen-bond acceptors (Lipinski definition) is 1. The van der Waals surface area contributed by atoms with E-state index >= 15 is 0 Å². The Morgan fingerprint density at radius 1 is 1.05 bits per heavy atom. The van der Waals surface area contributed by atoms with Crippen LogP contribution in [0.1, 0.15) is 37.7 Å². The third-order valence-corrected chi connectivity index (χ3v) is 4.51. The number of hydrogen-bond donors (Lipinski definition) is 0. The lowest BCUT2D eigenvalue weighted by molar-refractivity contribution is -0.168. The highest BCUT2D eigenvalue weighted by atomic mass is 19.4. The van der Waals surface area contributed by atoms with Crippen molar-refractivity contribution in [3.8, 4) is 0 Å². The second kappa shape index (κ2) is 4.47. The molecular weight excluding hydrogens is 265 g/mol. The van der Waals surface area contributed by atoms with E-state index in [9.17, 15) is 18.0 Å². The van der Waals surface area contributed by atoms with Crippen molar-refractivity contribution in [3.63, 3.8) is 0 Å². The van der Waals surface area contributed by atoms with E-state index in [2.05, 4.69) is 0 Å². The first kappa shape index (κ1) is 13.4. The number of carbonyl (C=O) groups is 1. The molecule has 0 N–H and O–H groups in total. The number of ketones is 1. The molecular formula is C16H15F3O. The molecule has 0 unspecified atom stereocenters. The van der Waals surface area contributed by atoms with E-state index in [1.807, 2.05) is 6.07 Å². The molecule has 0 bridgehead atoms. The Bertz CT molecular complexity index is 563. The quantitative estimate of drug-likeness (QED) is 0.777. The van der Waals surface area contributed by atoms with E-state index in [1.165, 1.54) is 0 Å². The third kappa shape index (κ3) is 1.98. The van der Waals surface area contributed by atoms with Crippen LogP contribution in [0.15, 0.2) is 35.9 Å². The standard InChI is InChI=1S/C16H15F3O/c17-16(18,19)14(20)13-12(11-6-2-1-3-7-11)10-15(13)8-4-5-9-15/h1-3,6-7H,4-5,8-10H2. The fourth-order valence-electron chi connectivity index (χ4n) is 3.61. The van der Waals surface area contributed by atoms with Crippen LogP contribution in [0.2, 0.25) is 0 Å². The lowest BCUT2D eigenvalue weighted by Gasteiger charge is -2.43. The van der Waals surface area contributed by atoms with Gasteiger partial charge >= 0.3 is 6.18 Å². The molecule has 1 aromatic carbocycles. The van der Waals surface area contributed by atoms with Crippen LogP contribution in [0.3, 0.4) is 0 Å². The highest BCUT2D eigenvalue weighted by Gasteiger charge is 2.55. The molecule has 0 aromatic heterocycles. The predicted molar refractivity (Wildman–Crippen MR) is 69.9 cm³/mol. The summed E-state index contributed by atoms with van der Waals surface area (Å²) in [5.41, 5.74) is 0.874. The molecule has 1 fully saturated rings. The minimum atomic E-state index is -4.77. The van der Waals surface area contributed by atoms with E-state index in [1.54, 1.807) is 24.3 Å². The van der Waals surface area contributed by atoms with Crippen LogP contribution in [0, 0.1) is 5.41 Å². The van der Waals surface area contributed by atoms with Gasteiger partial charge in [-0.2, -0.15) is 13.2 Å². The van der Waals surface area contributed by atoms with Crippen molar-refractivity contribution >= 4 is 11.4 Å². The van der Waals surface area contributed by atoms with Gasteiger partial charge in [-0.25, -0.2) is 0 Å². The van der Waals surface area contributed by atoms with E-state index in [-0.39, 0.29) is 5.57 Å². The van der Waals surface area contributed by atoms with Crippen LogP contribution < -0.4 is 0 Å². The molecule has 1 spiro atoms. The van der Waals surface area contributed by atoms with Crippen molar-refractivity contribution in [3.05, 3.63) is 41.5 Å². The van der Waals surface area contributed by atoms with Crippen molar-refractivity contribution in [2.24, 2.45) is 5.41 Å². The molecule has 0 saturated heterocycles. The lowest BCUT2D eigenvalue weighted by atomic mass is 9.59. The molecule has 0 amide bonds. The first-order chi connectivity index (χ1) is 9.44. The molecule has 0 radical (unpaired) electrons. The number of benzene rings is 1. The maximum Gasteiger partial charge on any atom is 0.454 e. The summed E-state index contributed by atoms with van der Waals surface area (Å²) in [4.78, 5) is 11.8. The summed E-state index contributed by atoms with van der Waals surface area (Å²) in [6.07, 6.45) is -0.923. The Labute approximate surface area is 115 Å². The Morgan fingerprint density at radius 3 is 2.20 bits per heavy atom. The minimum Gasteiger partial charge on any atom is -0.284 e. The van der Waals surface area contributed by atoms with Gasteiger partial charge in [0.25, 0.3) is 5.78 Å². The fourth-order valence-corrected chi connectivity index (χ4v) is 3.61. The van der Waals surface area contributed by atoms with Gasteiger partial charge in [-0.05, 0) is 30.4 Å². The molecule has 20 heavy (non-hydrogen) atoms. The topological polar surface area (TPSA) is 17.1 Å². The molecule has 4 heteroatoms. The van der Waals surface area contributed by atoms with Gasteiger partial charge in [-0.3, -0.25) is 4.79 Å². The molecule has 0 atom stereocenters. The van der Waals surface area contributed by atoms with E-state index < -0.39 is 17.4 Å². The molecule has 3 rings (SSSR count). The first-order valence-electron chi connectivity index (χ1n) is 6.85. The molecule has 0 aliphatic heterocycles. The monoisotopic (exact) mass is 280 g/mol. The van der Waals surface area contributed by atoms with Gasteiger partial charge in [-0.1, -0.05) is 43.2 Å². The van der Waals surface area contributed by atoms with Gasteiger partial charge in [-0.15, -0.1) is 0 Å². The number of halogens is 3. The Kier molecular flexibility index (Phi) is 3.00. The number of allylic oxidation sites excluding steroid dienone is 2. The maximum absolute atomic E-state index is 12.9. The summed E-state index contributed by atoms with van der Waals surface area (Å²) >= 11 is 0. The molecule has 1 aromatic rings. The van der Waals surface area contributed by atoms with Crippen LogP contribution in [0.25, 0.3) is 5.57 Å². The summed E-state index contributed by atoms with van der Waals surface area (Å²) < 4.78 is 38.6. The highest BCUT2D eigenvalue weighted by molar-refractivity contribution is 6.10. The Hall–Kier alpha value is -1.58. The zero-order valence-electron chi connectivity index (χ0n) is 11.0. The van der Waals surface area contributed by atoms with Gasteiger partial charge in [0.2, 0.25) is 0 Å². The number of carbonyl (C=O) groups excluding carboxylic acids is 1. The lowest BCUT2D eigenvalue weighted by Crippen LogP contribution is -2.40. The number of rotatable bonds is 2. The van der Waals surface area contributed by atoms with Gasteiger partial charge < -0.3 is 0 Å². The fraction of sp³-hybridized carbons (Fsp3) is 0.438. The summed E-state index contributed by atoms with van der Waals surface area (Å²) in [6, 6.07) is 8.95. The summed E-state index contributed by atoms with van der Waals surface area (Å²) in [7, 11) is 0. The number of Topliss-reactive ketones (excluding diaryl/α,β-unsaturated/α-hetero) is 1. The summed E-state index contributed by atoms with van der Waals surface area (Å²) in [6.45, 7) is 0. The van der Waals surface area contributed by atoms with Crippen molar-refractivity contribution in [2.45, 2.75) is 38.3 Å². The largest absolute Gasteiger partial charge is 0.454 e. The van der Waals surface area contributed by atoms with Crippen molar-refractivity contribution in [1.82, 2.24) is 0 Å². The SMILES string of the molecule is O=C(C1=C(c2ccccc2)CC12CCCC2)C(F)(F)F. The minimum absolute atomic E-state index is 0.0358. The zero-order chi connectivity index (χ0) is 14.4. The van der Waals surface area contributed by atoms with Crippen molar-refractivity contribution in [2.75, 3.05) is 0 Å². The zero-order valence-corrected chi connectivity index (χ0v) is 11.0. The van der Waals surface area contributed by atoms with Crippen LogP contribution in [0.4, 0.5) is 13.2 Å². The average molecular weight is 280 g/mol. The van der Waals surface area contributed by atoms with Crippen molar-refractivity contribution in [1.29, 1.82) is 0 Å². The molecule has 2 aliphatic carbocycles. The summed E-state index contributed by atoms with van der Waals surface area (Å²) in [5.74, 6) is -1.63. The normalized spacial score (nSPS) is 21.1. The molecule has 0 heterocycles. The van der Waals surface area contributed by atoms with Crippen LogP contribution >= 0.6 is 0 Å². The third-order valence-electron chi connectivity index (χ3n) is 4.51. The Morgan fingerprint density at radius 2 is 1.65 bits per heavy atom. The Balaban J connectivity index is 2.07. The van der Waals surface area contributed by atoms with Crippen LogP contribution in [0.5, 0.6) is 0 Å². The first-order valence-corrected chi connectivity index (χ1v) is 6.85. The molecule has 1 nitrogen and oxygen atoms in total. The summed E-state index contributed by atoms with van der Waals surface area (Å²) in [5, 5.41) is 0. The van der Waals surface area contributed by atoms with E-state index in [4.69, 9.17) is 0 Å². The van der Waals surface area contributed by atoms with Crippen LogP contribution in [-0.2, 0) is 4.79 Å². The van der Waals surface area contributed by atoms with E-state index in [0.29, 0.717) is 24.8 Å². The maximum atomic E-state index is 12.9.